The number of fused-ring (bicyclic) bond motifs is 5. The van der Waals surface area contributed by atoms with Crippen molar-refractivity contribution in [1.29, 1.82) is 0 Å². The molecule has 0 atom stereocenters. The van der Waals surface area contributed by atoms with Crippen molar-refractivity contribution in [3.63, 3.8) is 0 Å². The summed E-state index contributed by atoms with van der Waals surface area (Å²) < 4.78 is 12.8. The van der Waals surface area contributed by atoms with Crippen LogP contribution < -0.4 is 15.8 Å². The molecule has 0 spiro atoms. The highest BCUT2D eigenvalue weighted by molar-refractivity contribution is 7.26. The summed E-state index contributed by atoms with van der Waals surface area (Å²) in [5, 5.41) is 1.13. The Labute approximate surface area is 195 Å². The molecule has 1 aromatic carbocycles. The van der Waals surface area contributed by atoms with Crippen LogP contribution in [0.1, 0.15) is 25.0 Å². The van der Waals surface area contributed by atoms with E-state index >= 15 is 0 Å². The fraction of sp³-hybridized carbons (Fsp3) is 0.375. The van der Waals surface area contributed by atoms with Gasteiger partial charge >= 0.3 is 0 Å². The van der Waals surface area contributed by atoms with Crippen molar-refractivity contribution in [2.75, 3.05) is 42.1 Å². The molecule has 3 aromatic heterocycles. The number of anilines is 3. The number of aromatic nitrogens is 3. The maximum Gasteiger partial charge on any atom is 0.165 e. The second kappa shape index (κ2) is 8.09. The maximum atomic E-state index is 6.22. The van der Waals surface area contributed by atoms with Gasteiger partial charge in [-0.25, -0.2) is 15.0 Å². The van der Waals surface area contributed by atoms with E-state index in [0.717, 1.165) is 70.5 Å². The zero-order chi connectivity index (χ0) is 22.4. The SMILES string of the molecule is CC1(C)Cc2c(c(N3CCOCC3)nc3sc4c(NNc5ccccc5)ncnc4c23)CO1. The molecule has 2 aliphatic rings. The van der Waals surface area contributed by atoms with Gasteiger partial charge in [0.05, 0.1) is 41.3 Å². The van der Waals surface area contributed by atoms with Crippen molar-refractivity contribution in [1.82, 2.24) is 15.0 Å². The van der Waals surface area contributed by atoms with Crippen molar-refractivity contribution in [3.8, 4) is 0 Å². The monoisotopic (exact) mass is 462 g/mol. The number of benzene rings is 1. The topological polar surface area (TPSA) is 84.4 Å². The number of thiophene rings is 1. The maximum absolute atomic E-state index is 6.22. The molecule has 33 heavy (non-hydrogen) atoms. The molecule has 0 bridgehead atoms. The minimum atomic E-state index is -0.235. The molecule has 0 radical (unpaired) electrons. The number of ether oxygens (including phenoxy) is 2. The Morgan fingerprint density at radius 2 is 1.85 bits per heavy atom. The molecule has 2 aliphatic heterocycles. The van der Waals surface area contributed by atoms with Crippen LogP contribution in [0, 0.1) is 0 Å². The van der Waals surface area contributed by atoms with Crippen molar-refractivity contribution in [3.05, 3.63) is 47.8 Å². The molecule has 9 heteroatoms. The van der Waals surface area contributed by atoms with E-state index in [1.54, 1.807) is 17.7 Å². The summed E-state index contributed by atoms with van der Waals surface area (Å²) in [6.07, 6.45) is 2.44. The van der Waals surface area contributed by atoms with E-state index in [-0.39, 0.29) is 5.60 Å². The van der Waals surface area contributed by atoms with E-state index < -0.39 is 0 Å². The van der Waals surface area contributed by atoms with Crippen molar-refractivity contribution in [2.24, 2.45) is 0 Å². The lowest BCUT2D eigenvalue weighted by Crippen LogP contribution is -2.39. The van der Waals surface area contributed by atoms with Crippen molar-refractivity contribution in [2.45, 2.75) is 32.5 Å². The highest BCUT2D eigenvalue weighted by Gasteiger charge is 2.33. The lowest BCUT2D eigenvalue weighted by Gasteiger charge is -2.36. The highest BCUT2D eigenvalue weighted by atomic mass is 32.1. The van der Waals surface area contributed by atoms with Crippen LogP contribution in [0.4, 0.5) is 17.3 Å². The number of hydrogen-bond donors (Lipinski definition) is 2. The van der Waals surface area contributed by atoms with Gasteiger partial charge in [0.25, 0.3) is 0 Å². The number of morpholine rings is 1. The molecule has 0 saturated carbocycles. The number of nitrogens with one attached hydrogen (secondary N) is 2. The predicted molar refractivity (Wildman–Crippen MR) is 132 cm³/mol. The summed E-state index contributed by atoms with van der Waals surface area (Å²) in [4.78, 5) is 17.7. The number of pyridine rings is 1. The number of nitrogens with zero attached hydrogens (tertiary/aromatic N) is 4. The van der Waals surface area contributed by atoms with Crippen molar-refractivity contribution >= 4 is 49.1 Å². The van der Waals surface area contributed by atoms with E-state index in [1.807, 2.05) is 30.3 Å². The van der Waals surface area contributed by atoms with Crippen LogP contribution >= 0.6 is 11.3 Å². The number of para-hydroxylation sites is 1. The smallest absolute Gasteiger partial charge is 0.165 e. The van der Waals surface area contributed by atoms with Gasteiger partial charge in [-0.1, -0.05) is 18.2 Å². The fourth-order valence-electron chi connectivity index (χ4n) is 4.57. The Hall–Kier alpha value is -3.01. The molecule has 8 nitrogen and oxygen atoms in total. The summed E-state index contributed by atoms with van der Waals surface area (Å²) in [5.74, 6) is 1.77. The number of rotatable bonds is 4. The first-order chi connectivity index (χ1) is 16.1. The first kappa shape index (κ1) is 20.6. The van der Waals surface area contributed by atoms with Crippen LogP contribution in [0.2, 0.25) is 0 Å². The lowest BCUT2D eigenvalue weighted by atomic mass is 9.90. The fourth-order valence-corrected chi connectivity index (χ4v) is 5.67. The minimum Gasteiger partial charge on any atom is -0.378 e. The molecule has 4 aromatic rings. The van der Waals surface area contributed by atoms with E-state index in [0.29, 0.717) is 6.61 Å². The van der Waals surface area contributed by atoms with Gasteiger partial charge in [-0.3, -0.25) is 10.9 Å². The standard InChI is InChI=1S/C24H26N6O2S/c1-24(2)12-16-17(13-32-24)22(30-8-10-31-11-9-30)27-23-18(16)19-20(33-23)21(26-14-25-19)29-28-15-6-4-3-5-7-15/h3-7,14,28H,8-13H2,1-2H3,(H,25,26,29). The quantitative estimate of drug-likeness (QED) is 0.433. The molecule has 0 amide bonds. The average molecular weight is 463 g/mol. The molecular formula is C24H26N6O2S. The third-order valence-electron chi connectivity index (χ3n) is 6.22. The molecule has 1 fully saturated rings. The van der Waals surface area contributed by atoms with E-state index in [2.05, 4.69) is 34.6 Å². The Morgan fingerprint density at radius 3 is 2.67 bits per heavy atom. The second-order valence-corrected chi connectivity index (χ2v) is 10.0. The molecule has 2 N–H and O–H groups in total. The third-order valence-corrected chi connectivity index (χ3v) is 7.30. The van der Waals surface area contributed by atoms with Crippen molar-refractivity contribution < 1.29 is 9.47 Å². The van der Waals surface area contributed by atoms with Crippen LogP contribution in [0.3, 0.4) is 0 Å². The molecule has 6 rings (SSSR count). The molecule has 0 unspecified atom stereocenters. The number of hydrazine groups is 1. The van der Waals surface area contributed by atoms with Gasteiger partial charge in [0.2, 0.25) is 0 Å². The van der Waals surface area contributed by atoms with E-state index in [1.165, 1.54) is 11.1 Å². The summed E-state index contributed by atoms with van der Waals surface area (Å²) in [7, 11) is 0. The summed E-state index contributed by atoms with van der Waals surface area (Å²) >= 11 is 1.64. The predicted octanol–water partition coefficient (Wildman–Crippen LogP) is 4.37. The Morgan fingerprint density at radius 1 is 1.03 bits per heavy atom. The zero-order valence-corrected chi connectivity index (χ0v) is 19.5. The normalized spacial score (nSPS) is 17.8. The summed E-state index contributed by atoms with van der Waals surface area (Å²) in [6.45, 7) is 7.98. The van der Waals surface area contributed by atoms with Crippen LogP contribution in [0.25, 0.3) is 20.4 Å². The van der Waals surface area contributed by atoms with Gasteiger partial charge < -0.3 is 14.4 Å². The van der Waals surface area contributed by atoms with E-state index in [9.17, 15) is 0 Å². The first-order valence-electron chi connectivity index (χ1n) is 11.2. The Balaban J connectivity index is 1.50. The summed E-state index contributed by atoms with van der Waals surface area (Å²) in [5.41, 5.74) is 10.7. The minimum absolute atomic E-state index is 0.235. The summed E-state index contributed by atoms with van der Waals surface area (Å²) in [6, 6.07) is 9.99. The van der Waals surface area contributed by atoms with Gasteiger partial charge in [0, 0.05) is 30.5 Å². The van der Waals surface area contributed by atoms with Crippen LogP contribution in [0.15, 0.2) is 36.7 Å². The van der Waals surface area contributed by atoms with Crippen LogP contribution in [-0.2, 0) is 22.5 Å². The largest absolute Gasteiger partial charge is 0.378 e. The van der Waals surface area contributed by atoms with Gasteiger partial charge in [-0.15, -0.1) is 11.3 Å². The number of hydrogen-bond acceptors (Lipinski definition) is 9. The molecular weight excluding hydrogens is 436 g/mol. The van der Waals surface area contributed by atoms with Gasteiger partial charge in [-0.05, 0) is 31.5 Å². The van der Waals surface area contributed by atoms with Gasteiger partial charge in [0.15, 0.2) is 5.82 Å². The Kier molecular flexibility index (Phi) is 5.05. The second-order valence-electron chi connectivity index (χ2n) is 9.02. The first-order valence-corrected chi connectivity index (χ1v) is 12.0. The van der Waals surface area contributed by atoms with Gasteiger partial charge in [0.1, 0.15) is 17.0 Å². The highest BCUT2D eigenvalue weighted by Crippen LogP contribution is 2.44. The molecule has 0 aliphatic carbocycles. The van der Waals surface area contributed by atoms with Gasteiger partial charge in [-0.2, -0.15) is 0 Å². The van der Waals surface area contributed by atoms with Crippen LogP contribution in [0.5, 0.6) is 0 Å². The lowest BCUT2D eigenvalue weighted by molar-refractivity contribution is -0.0396. The molecule has 1 saturated heterocycles. The molecule has 170 valence electrons. The average Bonchev–Trinajstić information content (AvgIpc) is 3.22. The van der Waals surface area contributed by atoms with Crippen LogP contribution in [-0.4, -0.2) is 46.9 Å². The van der Waals surface area contributed by atoms with E-state index in [4.69, 9.17) is 19.4 Å². The zero-order valence-electron chi connectivity index (χ0n) is 18.7. The Bertz CT molecular complexity index is 1320. The third kappa shape index (κ3) is 3.76. The molecule has 5 heterocycles.